The number of rotatable bonds is 2. The van der Waals surface area contributed by atoms with Gasteiger partial charge in [-0.15, -0.1) is 0 Å². The minimum atomic E-state index is -0.607. The summed E-state index contributed by atoms with van der Waals surface area (Å²) in [7, 11) is 0. The maximum absolute atomic E-state index is 11.8. The van der Waals surface area contributed by atoms with Crippen molar-refractivity contribution < 1.29 is 9.52 Å². The average Bonchev–Trinajstić information content (AvgIpc) is 2.47. The van der Waals surface area contributed by atoms with E-state index in [1.54, 1.807) is 12.1 Å². The Morgan fingerprint density at radius 2 is 1.90 bits per heavy atom. The number of fused-ring (bicyclic) bond motifs is 1. The maximum atomic E-state index is 11.8. The summed E-state index contributed by atoms with van der Waals surface area (Å²) in [5.41, 5.74) is 2.68. The van der Waals surface area contributed by atoms with Gasteiger partial charge in [-0.25, -0.2) is 4.79 Å². The zero-order chi connectivity index (χ0) is 15.0. The second-order valence-electron chi connectivity index (χ2n) is 4.83. The SMILES string of the molecule is Cc1ccccc1-c1ccc2c(=O)oc(O)c(C=N)c2c1. The molecule has 3 rings (SSSR count). The second kappa shape index (κ2) is 4.90. The molecule has 0 atom stereocenters. The van der Waals surface area contributed by atoms with E-state index < -0.39 is 11.6 Å². The first-order valence-electron chi connectivity index (χ1n) is 6.48. The third-order valence-corrected chi connectivity index (χ3v) is 3.55. The van der Waals surface area contributed by atoms with Gasteiger partial charge in [-0.1, -0.05) is 30.3 Å². The topological polar surface area (TPSA) is 74.3 Å². The molecule has 104 valence electrons. The van der Waals surface area contributed by atoms with E-state index in [0.29, 0.717) is 10.8 Å². The molecule has 0 amide bonds. The van der Waals surface area contributed by atoms with E-state index >= 15 is 0 Å². The summed E-state index contributed by atoms with van der Waals surface area (Å²) in [6, 6.07) is 13.2. The van der Waals surface area contributed by atoms with Crippen molar-refractivity contribution in [3.8, 4) is 17.1 Å². The zero-order valence-corrected chi connectivity index (χ0v) is 11.4. The summed E-state index contributed by atoms with van der Waals surface area (Å²) >= 11 is 0. The van der Waals surface area contributed by atoms with Crippen LogP contribution in [0.15, 0.2) is 51.7 Å². The van der Waals surface area contributed by atoms with E-state index in [1.165, 1.54) is 0 Å². The predicted octanol–water partition coefficient (Wildman–Crippen LogP) is 3.47. The molecule has 4 nitrogen and oxygen atoms in total. The van der Waals surface area contributed by atoms with Crippen LogP contribution < -0.4 is 5.63 Å². The van der Waals surface area contributed by atoms with E-state index in [2.05, 4.69) is 0 Å². The Labute approximate surface area is 120 Å². The average molecular weight is 279 g/mol. The molecule has 0 bridgehead atoms. The van der Waals surface area contributed by atoms with Crippen molar-refractivity contribution in [3.63, 3.8) is 0 Å². The first-order chi connectivity index (χ1) is 10.1. The number of benzene rings is 2. The molecule has 1 aromatic heterocycles. The zero-order valence-electron chi connectivity index (χ0n) is 11.4. The number of hydrogen-bond donors (Lipinski definition) is 2. The predicted molar refractivity (Wildman–Crippen MR) is 82.2 cm³/mol. The molecule has 0 aliphatic rings. The van der Waals surface area contributed by atoms with Gasteiger partial charge in [0.15, 0.2) is 0 Å². The Bertz CT molecular complexity index is 910. The molecular weight excluding hydrogens is 266 g/mol. The third kappa shape index (κ3) is 2.10. The highest BCUT2D eigenvalue weighted by molar-refractivity contribution is 6.01. The smallest absolute Gasteiger partial charge is 0.346 e. The van der Waals surface area contributed by atoms with Crippen molar-refractivity contribution in [1.82, 2.24) is 0 Å². The van der Waals surface area contributed by atoms with E-state index in [-0.39, 0.29) is 5.56 Å². The molecule has 0 spiro atoms. The normalized spacial score (nSPS) is 10.7. The van der Waals surface area contributed by atoms with Gasteiger partial charge in [0.1, 0.15) is 0 Å². The molecule has 0 saturated heterocycles. The largest absolute Gasteiger partial charge is 0.480 e. The Morgan fingerprint density at radius 3 is 2.62 bits per heavy atom. The Kier molecular flexibility index (Phi) is 3.06. The summed E-state index contributed by atoms with van der Waals surface area (Å²) in [4.78, 5) is 11.8. The lowest BCUT2D eigenvalue weighted by atomic mass is 9.97. The van der Waals surface area contributed by atoms with Crippen molar-refractivity contribution in [3.05, 3.63) is 64.0 Å². The first kappa shape index (κ1) is 13.1. The Morgan fingerprint density at radius 1 is 1.14 bits per heavy atom. The third-order valence-electron chi connectivity index (χ3n) is 3.55. The minimum absolute atomic E-state index is 0.208. The van der Waals surface area contributed by atoms with Crippen molar-refractivity contribution in [2.75, 3.05) is 0 Å². The fourth-order valence-corrected chi connectivity index (χ4v) is 2.46. The van der Waals surface area contributed by atoms with Gasteiger partial charge in [0.25, 0.3) is 5.95 Å². The van der Waals surface area contributed by atoms with Gasteiger partial charge < -0.3 is 14.9 Å². The molecule has 2 aromatic carbocycles. The highest BCUT2D eigenvalue weighted by atomic mass is 16.5. The molecule has 0 saturated carbocycles. The lowest BCUT2D eigenvalue weighted by Crippen LogP contribution is -2.02. The van der Waals surface area contributed by atoms with Crippen LogP contribution in [0, 0.1) is 12.3 Å². The standard InChI is InChI=1S/C17H13NO3/c1-10-4-2-3-5-12(10)11-6-7-13-14(8-11)15(9-18)17(20)21-16(13)19/h2-9,18,20H,1H3. The van der Waals surface area contributed by atoms with Crippen molar-refractivity contribution in [2.45, 2.75) is 6.92 Å². The summed E-state index contributed by atoms with van der Waals surface area (Å²) < 4.78 is 4.73. The summed E-state index contributed by atoms with van der Waals surface area (Å²) in [6.45, 7) is 2.01. The van der Waals surface area contributed by atoms with Crippen LogP contribution in [0.1, 0.15) is 11.1 Å². The van der Waals surface area contributed by atoms with Crippen LogP contribution in [0.25, 0.3) is 21.9 Å². The molecule has 0 aliphatic carbocycles. The van der Waals surface area contributed by atoms with Crippen molar-refractivity contribution >= 4 is 17.0 Å². The monoisotopic (exact) mass is 279 g/mol. The van der Waals surface area contributed by atoms with Gasteiger partial charge in [0.05, 0.1) is 10.9 Å². The summed E-state index contributed by atoms with van der Waals surface area (Å²) in [5, 5.41) is 18.0. The van der Waals surface area contributed by atoms with Crippen LogP contribution in [0.5, 0.6) is 5.95 Å². The summed E-state index contributed by atoms with van der Waals surface area (Å²) in [5.74, 6) is -0.524. The highest BCUT2D eigenvalue weighted by Gasteiger charge is 2.12. The van der Waals surface area contributed by atoms with E-state index in [4.69, 9.17) is 9.83 Å². The molecular formula is C17H13NO3. The van der Waals surface area contributed by atoms with Crippen LogP contribution in [-0.2, 0) is 0 Å². The molecule has 0 radical (unpaired) electrons. The first-order valence-corrected chi connectivity index (χ1v) is 6.48. The maximum Gasteiger partial charge on any atom is 0.346 e. The van der Waals surface area contributed by atoms with Gasteiger partial charge in [-0.2, -0.15) is 0 Å². The second-order valence-corrected chi connectivity index (χ2v) is 4.83. The van der Waals surface area contributed by atoms with Crippen molar-refractivity contribution in [1.29, 1.82) is 5.41 Å². The van der Waals surface area contributed by atoms with Crippen molar-refractivity contribution in [2.24, 2.45) is 0 Å². The lowest BCUT2D eigenvalue weighted by molar-refractivity contribution is 0.312. The molecule has 21 heavy (non-hydrogen) atoms. The van der Waals surface area contributed by atoms with Crippen LogP contribution in [0.4, 0.5) is 0 Å². The number of aryl methyl sites for hydroxylation is 1. The molecule has 3 aromatic rings. The molecule has 2 N–H and O–H groups in total. The number of aromatic hydroxyl groups is 1. The van der Waals surface area contributed by atoms with E-state index in [1.807, 2.05) is 37.3 Å². The van der Waals surface area contributed by atoms with Gasteiger partial charge >= 0.3 is 5.63 Å². The highest BCUT2D eigenvalue weighted by Crippen LogP contribution is 2.29. The van der Waals surface area contributed by atoms with Gasteiger partial charge in [0, 0.05) is 11.6 Å². The minimum Gasteiger partial charge on any atom is -0.480 e. The van der Waals surface area contributed by atoms with E-state index in [9.17, 15) is 9.90 Å². The molecule has 0 unspecified atom stereocenters. The Hall–Kier alpha value is -2.88. The van der Waals surface area contributed by atoms with Gasteiger partial charge in [-0.3, -0.25) is 0 Å². The van der Waals surface area contributed by atoms with Crippen LogP contribution in [0.3, 0.4) is 0 Å². The van der Waals surface area contributed by atoms with Crippen LogP contribution in [0.2, 0.25) is 0 Å². The number of nitrogens with one attached hydrogen (secondary N) is 1. The fourth-order valence-electron chi connectivity index (χ4n) is 2.46. The molecule has 0 aliphatic heterocycles. The molecule has 0 fully saturated rings. The lowest BCUT2D eigenvalue weighted by Gasteiger charge is -2.08. The summed E-state index contributed by atoms with van der Waals surface area (Å²) in [6.07, 6.45) is 0.988. The molecule has 1 heterocycles. The number of hydrogen-bond acceptors (Lipinski definition) is 4. The van der Waals surface area contributed by atoms with Gasteiger partial charge in [-0.05, 0) is 35.7 Å². The quantitative estimate of drug-likeness (QED) is 0.705. The van der Waals surface area contributed by atoms with Crippen LogP contribution in [-0.4, -0.2) is 11.3 Å². The fraction of sp³-hybridized carbons (Fsp3) is 0.0588. The Balaban J connectivity index is 2.37. The van der Waals surface area contributed by atoms with Gasteiger partial charge in [0.2, 0.25) is 0 Å². The van der Waals surface area contributed by atoms with E-state index in [0.717, 1.165) is 22.9 Å². The van der Waals surface area contributed by atoms with Crippen LogP contribution >= 0.6 is 0 Å². The molecule has 4 heteroatoms.